The number of sulfone groups is 1. The Balaban J connectivity index is 2.52. The fourth-order valence-electron chi connectivity index (χ4n) is 2.36. The Morgan fingerprint density at radius 2 is 1.82 bits per heavy atom. The van der Waals surface area contributed by atoms with E-state index in [1.54, 1.807) is 0 Å². The zero-order valence-electron chi connectivity index (χ0n) is 9.74. The molecule has 1 aromatic carbocycles. The Hall–Kier alpha value is -0.940. The van der Waals surface area contributed by atoms with Gasteiger partial charge in [0.05, 0.1) is 4.90 Å². The third kappa shape index (κ3) is 2.50. The highest BCUT2D eigenvalue weighted by atomic mass is 32.2. The van der Waals surface area contributed by atoms with Gasteiger partial charge in [-0.05, 0) is 36.6 Å². The van der Waals surface area contributed by atoms with Crippen LogP contribution in [0, 0.1) is 5.82 Å². The van der Waals surface area contributed by atoms with Crippen LogP contribution in [-0.4, -0.2) is 14.7 Å². The summed E-state index contributed by atoms with van der Waals surface area (Å²) in [6.07, 6.45) is 4.63. The van der Waals surface area contributed by atoms with Gasteiger partial charge in [-0.15, -0.1) is 0 Å². The summed E-state index contributed by atoms with van der Waals surface area (Å²) in [6, 6.07) is 3.89. The van der Waals surface area contributed by atoms with Crippen molar-refractivity contribution in [2.75, 3.05) is 6.26 Å². The molecule has 1 aromatic rings. The first kappa shape index (κ1) is 12.5. The Bertz CT molecular complexity index is 533. The van der Waals surface area contributed by atoms with Crippen LogP contribution in [-0.2, 0) is 15.4 Å². The first-order valence-corrected chi connectivity index (χ1v) is 7.50. The van der Waals surface area contributed by atoms with Crippen molar-refractivity contribution < 1.29 is 12.8 Å². The number of hydrogen-bond donors (Lipinski definition) is 1. The fourth-order valence-corrected chi connectivity index (χ4v) is 3.03. The van der Waals surface area contributed by atoms with Crippen LogP contribution in [0.5, 0.6) is 0 Å². The van der Waals surface area contributed by atoms with Crippen LogP contribution in [0.2, 0.25) is 0 Å². The van der Waals surface area contributed by atoms with Gasteiger partial charge in [0, 0.05) is 11.8 Å². The van der Waals surface area contributed by atoms with E-state index in [1.807, 2.05) is 0 Å². The Morgan fingerprint density at radius 1 is 1.24 bits per heavy atom. The van der Waals surface area contributed by atoms with Gasteiger partial charge in [0.15, 0.2) is 9.84 Å². The van der Waals surface area contributed by atoms with Crippen LogP contribution in [0.15, 0.2) is 23.1 Å². The van der Waals surface area contributed by atoms with E-state index in [2.05, 4.69) is 0 Å². The van der Waals surface area contributed by atoms with Gasteiger partial charge in [0.2, 0.25) is 0 Å². The van der Waals surface area contributed by atoms with Crippen LogP contribution >= 0.6 is 0 Å². The molecule has 0 aliphatic heterocycles. The lowest BCUT2D eigenvalue weighted by Gasteiger charge is -2.24. The molecule has 2 rings (SSSR count). The minimum absolute atomic E-state index is 0.00391. The van der Waals surface area contributed by atoms with Crippen LogP contribution < -0.4 is 5.73 Å². The van der Waals surface area contributed by atoms with Crippen LogP contribution in [0.4, 0.5) is 4.39 Å². The zero-order chi connectivity index (χ0) is 12.7. The van der Waals surface area contributed by atoms with Crippen LogP contribution in [0.25, 0.3) is 0 Å². The highest BCUT2D eigenvalue weighted by molar-refractivity contribution is 7.90. The normalized spacial score (nSPS) is 19.5. The van der Waals surface area contributed by atoms with E-state index in [0.717, 1.165) is 38.0 Å². The summed E-state index contributed by atoms with van der Waals surface area (Å²) >= 11 is 0. The molecule has 0 saturated heterocycles. The highest BCUT2D eigenvalue weighted by Crippen LogP contribution is 2.37. The summed E-state index contributed by atoms with van der Waals surface area (Å²) in [5.41, 5.74) is 6.23. The molecule has 17 heavy (non-hydrogen) atoms. The monoisotopic (exact) mass is 257 g/mol. The molecule has 5 heteroatoms. The SMILES string of the molecule is CS(=O)(=O)c1cc(F)cc(C2(N)CCCC2)c1. The molecule has 0 heterocycles. The predicted molar refractivity (Wildman–Crippen MR) is 63.8 cm³/mol. The summed E-state index contributed by atoms with van der Waals surface area (Å²) in [6.45, 7) is 0. The molecule has 0 spiro atoms. The molecule has 0 unspecified atom stereocenters. The molecular weight excluding hydrogens is 241 g/mol. The lowest BCUT2D eigenvalue weighted by molar-refractivity contribution is 0.456. The van der Waals surface area contributed by atoms with E-state index in [-0.39, 0.29) is 4.90 Å². The average Bonchev–Trinajstić information content (AvgIpc) is 2.64. The van der Waals surface area contributed by atoms with E-state index < -0.39 is 21.2 Å². The standard InChI is InChI=1S/C12H16FNO2S/c1-17(15,16)11-7-9(6-10(13)8-11)12(14)4-2-3-5-12/h6-8H,2-5,14H2,1H3. The minimum Gasteiger partial charge on any atom is -0.321 e. The lowest BCUT2D eigenvalue weighted by atomic mass is 9.89. The molecule has 1 aliphatic carbocycles. The molecule has 0 atom stereocenters. The van der Waals surface area contributed by atoms with Crippen molar-refractivity contribution in [2.45, 2.75) is 36.1 Å². The van der Waals surface area contributed by atoms with Gasteiger partial charge in [0.25, 0.3) is 0 Å². The summed E-state index contributed by atoms with van der Waals surface area (Å²) in [7, 11) is -3.40. The van der Waals surface area contributed by atoms with Gasteiger partial charge in [-0.1, -0.05) is 12.8 Å². The summed E-state index contributed by atoms with van der Waals surface area (Å²) in [5.74, 6) is -0.542. The Kier molecular flexibility index (Phi) is 2.99. The average molecular weight is 257 g/mol. The van der Waals surface area contributed by atoms with Gasteiger partial charge >= 0.3 is 0 Å². The maximum absolute atomic E-state index is 13.5. The molecule has 0 radical (unpaired) electrons. The molecule has 1 saturated carbocycles. The Morgan fingerprint density at radius 3 is 2.35 bits per heavy atom. The van der Waals surface area contributed by atoms with E-state index >= 15 is 0 Å². The first-order valence-electron chi connectivity index (χ1n) is 5.61. The van der Waals surface area contributed by atoms with Crippen molar-refractivity contribution in [1.82, 2.24) is 0 Å². The first-order chi connectivity index (χ1) is 7.81. The number of hydrogen-bond acceptors (Lipinski definition) is 3. The van der Waals surface area contributed by atoms with Crippen LogP contribution in [0.3, 0.4) is 0 Å². The second kappa shape index (κ2) is 4.07. The maximum atomic E-state index is 13.5. The highest BCUT2D eigenvalue weighted by Gasteiger charge is 2.32. The lowest BCUT2D eigenvalue weighted by Crippen LogP contribution is -2.33. The summed E-state index contributed by atoms with van der Waals surface area (Å²) in [4.78, 5) is 0.00391. The van der Waals surface area contributed by atoms with Crippen molar-refractivity contribution in [1.29, 1.82) is 0 Å². The second-order valence-corrected chi connectivity index (χ2v) is 6.83. The fraction of sp³-hybridized carbons (Fsp3) is 0.500. The second-order valence-electron chi connectivity index (χ2n) is 4.81. The van der Waals surface area contributed by atoms with Crippen molar-refractivity contribution in [2.24, 2.45) is 5.73 Å². The van der Waals surface area contributed by atoms with Crippen LogP contribution in [0.1, 0.15) is 31.2 Å². The molecule has 1 aliphatic rings. The van der Waals surface area contributed by atoms with E-state index in [0.29, 0.717) is 5.56 Å². The van der Waals surface area contributed by atoms with E-state index in [4.69, 9.17) is 5.73 Å². The van der Waals surface area contributed by atoms with E-state index in [9.17, 15) is 12.8 Å². The van der Waals surface area contributed by atoms with Gasteiger partial charge in [-0.25, -0.2) is 12.8 Å². The zero-order valence-corrected chi connectivity index (χ0v) is 10.6. The maximum Gasteiger partial charge on any atom is 0.175 e. The topological polar surface area (TPSA) is 60.2 Å². The van der Waals surface area contributed by atoms with Gasteiger partial charge in [0.1, 0.15) is 5.82 Å². The van der Waals surface area contributed by atoms with Gasteiger partial charge in [-0.2, -0.15) is 0 Å². The molecule has 1 fully saturated rings. The number of halogens is 1. The largest absolute Gasteiger partial charge is 0.321 e. The third-order valence-corrected chi connectivity index (χ3v) is 4.46. The van der Waals surface area contributed by atoms with E-state index in [1.165, 1.54) is 12.1 Å². The van der Waals surface area contributed by atoms with Gasteiger partial charge < -0.3 is 5.73 Å². The molecule has 94 valence electrons. The predicted octanol–water partition coefficient (Wildman–Crippen LogP) is 1.96. The quantitative estimate of drug-likeness (QED) is 0.881. The molecule has 0 amide bonds. The third-order valence-electron chi connectivity index (χ3n) is 3.37. The number of rotatable bonds is 2. The van der Waals surface area contributed by atoms with Crippen molar-refractivity contribution in [3.05, 3.63) is 29.6 Å². The summed E-state index contributed by atoms with van der Waals surface area (Å²) in [5, 5.41) is 0. The smallest absolute Gasteiger partial charge is 0.175 e. The van der Waals surface area contributed by atoms with Crippen molar-refractivity contribution >= 4 is 9.84 Å². The Labute approximate surface area is 101 Å². The molecule has 2 N–H and O–H groups in total. The molecule has 0 bridgehead atoms. The van der Waals surface area contributed by atoms with Crippen molar-refractivity contribution in [3.8, 4) is 0 Å². The van der Waals surface area contributed by atoms with Gasteiger partial charge in [-0.3, -0.25) is 0 Å². The number of benzene rings is 1. The summed E-state index contributed by atoms with van der Waals surface area (Å²) < 4.78 is 36.4. The number of nitrogens with two attached hydrogens (primary N) is 1. The molecular formula is C12H16FNO2S. The van der Waals surface area contributed by atoms with Crippen molar-refractivity contribution in [3.63, 3.8) is 0 Å². The molecule has 0 aromatic heterocycles. The molecule has 3 nitrogen and oxygen atoms in total. The minimum atomic E-state index is -3.40.